The molecule has 0 radical (unpaired) electrons. The van der Waals surface area contributed by atoms with Gasteiger partial charge in [0.1, 0.15) is 0 Å². The third-order valence-electron chi connectivity index (χ3n) is 7.57. The summed E-state index contributed by atoms with van der Waals surface area (Å²) >= 11 is 0. The van der Waals surface area contributed by atoms with Gasteiger partial charge < -0.3 is 4.57 Å². The molecule has 0 fully saturated rings. The fourth-order valence-corrected chi connectivity index (χ4v) is 5.96. The van der Waals surface area contributed by atoms with Crippen LogP contribution in [0.5, 0.6) is 0 Å². The lowest BCUT2D eigenvalue weighted by atomic mass is 9.70. The lowest BCUT2D eigenvalue weighted by molar-refractivity contribution is 0.401. The molecular weight excluding hydrogens is 386 g/mol. The van der Waals surface area contributed by atoms with Gasteiger partial charge >= 0.3 is 0 Å². The van der Waals surface area contributed by atoms with Gasteiger partial charge in [-0.25, -0.2) is 0 Å². The predicted molar refractivity (Wildman–Crippen MR) is 139 cm³/mol. The first kappa shape index (κ1) is 22.9. The molecule has 1 aliphatic rings. The molecule has 0 N–H and O–H groups in total. The van der Waals surface area contributed by atoms with Crippen molar-refractivity contribution in [3.05, 3.63) is 77.0 Å². The average Bonchev–Trinajstić information content (AvgIpc) is 3.27. The summed E-state index contributed by atoms with van der Waals surface area (Å²) in [6.07, 6.45) is 13.2. The summed E-state index contributed by atoms with van der Waals surface area (Å²) < 4.78 is 2.52. The molecule has 0 saturated heterocycles. The quantitative estimate of drug-likeness (QED) is 0.269. The third kappa shape index (κ3) is 4.19. The first-order valence-corrected chi connectivity index (χ1v) is 13.0. The maximum atomic E-state index is 2.53. The Kier molecular flexibility index (Phi) is 7.23. The van der Waals surface area contributed by atoms with E-state index in [1.165, 1.54) is 92.4 Å². The second-order valence-corrected chi connectivity index (χ2v) is 9.97. The molecular formula is C31H41N. The zero-order valence-corrected chi connectivity index (χ0v) is 20.7. The lowest BCUT2D eigenvalue weighted by Crippen LogP contribution is -2.25. The Bertz CT molecular complexity index is 1010. The number of aromatic nitrogens is 1. The van der Waals surface area contributed by atoms with Crippen LogP contribution in [0.4, 0.5) is 0 Å². The highest BCUT2D eigenvalue weighted by molar-refractivity contribution is 5.81. The van der Waals surface area contributed by atoms with Gasteiger partial charge in [0.2, 0.25) is 0 Å². The van der Waals surface area contributed by atoms with Crippen LogP contribution in [0, 0.1) is 13.8 Å². The van der Waals surface area contributed by atoms with E-state index < -0.39 is 0 Å². The topological polar surface area (TPSA) is 4.93 Å². The highest BCUT2D eigenvalue weighted by Crippen LogP contribution is 2.56. The number of unbranched alkanes of at least 4 members (excludes halogenated alkanes) is 6. The van der Waals surface area contributed by atoms with E-state index in [-0.39, 0.29) is 5.41 Å². The van der Waals surface area contributed by atoms with E-state index in [4.69, 9.17) is 0 Å². The first-order valence-electron chi connectivity index (χ1n) is 13.0. The maximum Gasteiger partial charge on any atom is 0.0575 e. The summed E-state index contributed by atoms with van der Waals surface area (Å²) in [6.45, 7) is 9.18. The Balaban J connectivity index is 1.85. The molecule has 2 aromatic carbocycles. The first-order chi connectivity index (χ1) is 15.6. The Morgan fingerprint density at radius 2 is 1.34 bits per heavy atom. The second-order valence-electron chi connectivity index (χ2n) is 9.97. The standard InChI is InChI=1S/C31H41N/c1-5-7-9-14-20-31(21-15-10-8-6-2)28-22-24(3)18-19-27(28)30-29(31)23-25(4)32(30)26-16-12-11-13-17-26/h11-13,16-19,22-23H,5-10,14-15,20-21H2,1-4H3. The largest absolute Gasteiger partial charge is 0.314 e. The molecule has 0 atom stereocenters. The molecule has 1 heteroatoms. The van der Waals surface area contributed by atoms with Crippen molar-refractivity contribution in [2.45, 2.75) is 97.3 Å². The fraction of sp³-hybridized carbons (Fsp3) is 0.484. The summed E-state index contributed by atoms with van der Waals surface area (Å²) in [5.41, 5.74) is 10.3. The van der Waals surface area contributed by atoms with Crippen LogP contribution in [-0.2, 0) is 5.41 Å². The van der Waals surface area contributed by atoms with E-state index in [1.54, 1.807) is 11.1 Å². The molecule has 1 aromatic heterocycles. The van der Waals surface area contributed by atoms with Crippen molar-refractivity contribution < 1.29 is 0 Å². The van der Waals surface area contributed by atoms with E-state index in [1.807, 2.05) is 0 Å². The van der Waals surface area contributed by atoms with Crippen LogP contribution in [0.15, 0.2) is 54.6 Å². The minimum Gasteiger partial charge on any atom is -0.314 e. The lowest BCUT2D eigenvalue weighted by Gasteiger charge is -2.32. The van der Waals surface area contributed by atoms with Crippen molar-refractivity contribution in [3.8, 4) is 16.9 Å². The summed E-state index contributed by atoms with van der Waals surface area (Å²) in [7, 11) is 0. The van der Waals surface area contributed by atoms with Crippen LogP contribution in [0.3, 0.4) is 0 Å². The number of rotatable bonds is 11. The summed E-state index contributed by atoms with van der Waals surface area (Å²) in [5.74, 6) is 0. The summed E-state index contributed by atoms with van der Waals surface area (Å²) in [4.78, 5) is 0. The smallest absolute Gasteiger partial charge is 0.0575 e. The van der Waals surface area contributed by atoms with Crippen molar-refractivity contribution in [2.24, 2.45) is 0 Å². The molecule has 0 unspecified atom stereocenters. The molecule has 1 aliphatic carbocycles. The minimum absolute atomic E-state index is 0.170. The van der Waals surface area contributed by atoms with Gasteiger partial charge in [0.15, 0.2) is 0 Å². The zero-order chi connectivity index (χ0) is 22.6. The van der Waals surface area contributed by atoms with Crippen molar-refractivity contribution in [1.29, 1.82) is 0 Å². The highest BCUT2D eigenvalue weighted by Gasteiger charge is 2.44. The van der Waals surface area contributed by atoms with E-state index in [2.05, 4.69) is 86.9 Å². The fourth-order valence-electron chi connectivity index (χ4n) is 5.96. The highest BCUT2D eigenvalue weighted by atomic mass is 15.0. The number of hydrogen-bond acceptors (Lipinski definition) is 0. The molecule has 0 saturated carbocycles. The van der Waals surface area contributed by atoms with Gasteiger partial charge in [-0.3, -0.25) is 0 Å². The molecule has 32 heavy (non-hydrogen) atoms. The molecule has 3 aromatic rings. The molecule has 4 rings (SSSR count). The molecule has 170 valence electrons. The molecule has 1 heterocycles. The third-order valence-corrected chi connectivity index (χ3v) is 7.57. The number of nitrogens with zero attached hydrogens (tertiary/aromatic N) is 1. The Hall–Kier alpha value is -2.28. The summed E-state index contributed by atoms with van der Waals surface area (Å²) in [6, 6.07) is 20.7. The zero-order valence-electron chi connectivity index (χ0n) is 20.7. The van der Waals surface area contributed by atoms with Gasteiger partial charge in [-0.15, -0.1) is 0 Å². The van der Waals surface area contributed by atoms with Crippen LogP contribution < -0.4 is 0 Å². The Labute approximate surface area is 195 Å². The Morgan fingerprint density at radius 1 is 0.688 bits per heavy atom. The number of para-hydroxylation sites is 1. The van der Waals surface area contributed by atoms with Crippen molar-refractivity contribution in [1.82, 2.24) is 4.57 Å². The molecule has 0 aliphatic heterocycles. The van der Waals surface area contributed by atoms with Gasteiger partial charge in [-0.2, -0.15) is 0 Å². The van der Waals surface area contributed by atoms with Crippen LogP contribution in [0.1, 0.15) is 100 Å². The van der Waals surface area contributed by atoms with Crippen LogP contribution in [0.2, 0.25) is 0 Å². The Morgan fingerprint density at radius 3 is 1.97 bits per heavy atom. The van der Waals surface area contributed by atoms with Gasteiger partial charge in [-0.1, -0.05) is 107 Å². The normalized spacial score (nSPS) is 13.9. The van der Waals surface area contributed by atoms with E-state index >= 15 is 0 Å². The SMILES string of the molecule is CCCCCCC1(CCCCCC)c2cc(C)ccc2-c2c1cc(C)n2-c1ccccc1. The van der Waals surface area contributed by atoms with Crippen LogP contribution in [-0.4, -0.2) is 4.57 Å². The van der Waals surface area contributed by atoms with Gasteiger partial charge in [0.25, 0.3) is 0 Å². The molecule has 1 nitrogen and oxygen atoms in total. The monoisotopic (exact) mass is 427 g/mol. The van der Waals surface area contributed by atoms with Gasteiger partial charge in [0.05, 0.1) is 5.69 Å². The average molecular weight is 428 g/mol. The molecule has 0 bridgehead atoms. The van der Waals surface area contributed by atoms with Crippen molar-refractivity contribution in [2.75, 3.05) is 0 Å². The van der Waals surface area contributed by atoms with Crippen LogP contribution in [0.25, 0.3) is 16.9 Å². The van der Waals surface area contributed by atoms with E-state index in [0.29, 0.717) is 0 Å². The maximum absolute atomic E-state index is 2.53. The number of benzene rings is 2. The number of fused-ring (bicyclic) bond motifs is 3. The minimum atomic E-state index is 0.170. The van der Waals surface area contributed by atoms with E-state index in [9.17, 15) is 0 Å². The van der Waals surface area contributed by atoms with Gasteiger partial charge in [0, 0.05) is 22.4 Å². The van der Waals surface area contributed by atoms with Gasteiger partial charge in [-0.05, 0) is 56.0 Å². The number of aryl methyl sites for hydroxylation is 2. The second kappa shape index (κ2) is 10.1. The number of hydrogen-bond donors (Lipinski definition) is 0. The predicted octanol–water partition coefficient (Wildman–Crippen LogP) is 9.30. The molecule has 0 spiro atoms. The van der Waals surface area contributed by atoms with Crippen molar-refractivity contribution >= 4 is 0 Å². The summed E-state index contributed by atoms with van der Waals surface area (Å²) in [5, 5.41) is 0. The van der Waals surface area contributed by atoms with Crippen molar-refractivity contribution in [3.63, 3.8) is 0 Å². The molecule has 0 amide bonds. The van der Waals surface area contributed by atoms with E-state index in [0.717, 1.165) is 0 Å². The van der Waals surface area contributed by atoms with Crippen LogP contribution >= 0.6 is 0 Å².